The number of nitrogens with zero attached hydrogens (tertiary/aromatic N) is 2. The molecule has 0 aromatic heterocycles. The number of nitrogens with two attached hydrogens (primary N) is 1. The molecule has 1 heterocycles. The third kappa shape index (κ3) is 2.84. The summed E-state index contributed by atoms with van der Waals surface area (Å²) in [5.41, 5.74) is 7.33. The van der Waals surface area contributed by atoms with Gasteiger partial charge in [0.25, 0.3) is 0 Å². The first-order valence-corrected chi connectivity index (χ1v) is 7.12. The van der Waals surface area contributed by atoms with E-state index < -0.39 is 0 Å². The van der Waals surface area contributed by atoms with Crippen LogP contribution in [0, 0.1) is 0 Å². The lowest BCUT2D eigenvalue weighted by Gasteiger charge is -2.37. The average Bonchev–Trinajstić information content (AvgIpc) is 2.46. The Kier molecular flexibility index (Phi) is 4.66. The summed E-state index contributed by atoms with van der Waals surface area (Å²) in [6.07, 6.45) is 3.16. The molecule has 1 aromatic rings. The van der Waals surface area contributed by atoms with Gasteiger partial charge in [-0.05, 0) is 47.3 Å². The van der Waals surface area contributed by atoms with E-state index in [1.54, 1.807) is 0 Å². The highest BCUT2D eigenvalue weighted by Crippen LogP contribution is 2.32. The first-order chi connectivity index (χ1) is 9.19. The van der Waals surface area contributed by atoms with Crippen LogP contribution in [0.15, 0.2) is 27.8 Å². The van der Waals surface area contributed by atoms with Crippen LogP contribution in [0.5, 0.6) is 0 Å². The third-order valence-electron chi connectivity index (χ3n) is 3.50. The number of hydrogen-bond acceptors (Lipinski definition) is 4. The van der Waals surface area contributed by atoms with Crippen molar-refractivity contribution in [3.8, 4) is 0 Å². The first kappa shape index (κ1) is 14.1. The molecule has 0 spiro atoms. The van der Waals surface area contributed by atoms with Gasteiger partial charge in [0, 0.05) is 16.7 Å². The second-order valence-corrected chi connectivity index (χ2v) is 5.50. The van der Waals surface area contributed by atoms with E-state index in [1.165, 1.54) is 0 Å². The molecular weight excluding hydrogens is 310 g/mol. The first-order valence-electron chi connectivity index (χ1n) is 6.33. The molecule has 19 heavy (non-hydrogen) atoms. The Morgan fingerprint density at radius 2 is 2.26 bits per heavy atom. The van der Waals surface area contributed by atoms with Gasteiger partial charge >= 0.3 is 0 Å². The van der Waals surface area contributed by atoms with E-state index in [2.05, 4.69) is 26.0 Å². The van der Waals surface area contributed by atoms with Crippen LogP contribution < -0.4 is 10.6 Å². The number of piperidine rings is 1. The fourth-order valence-corrected chi connectivity index (χ4v) is 3.12. The number of anilines is 1. The minimum Gasteiger partial charge on any atom is -0.409 e. The van der Waals surface area contributed by atoms with E-state index in [-0.39, 0.29) is 18.5 Å². The van der Waals surface area contributed by atoms with Crippen LogP contribution in [-0.4, -0.2) is 35.3 Å². The van der Waals surface area contributed by atoms with Crippen LogP contribution in [0.2, 0.25) is 0 Å². The van der Waals surface area contributed by atoms with E-state index in [0.717, 1.165) is 36.0 Å². The number of aliphatic hydroxyl groups is 1. The van der Waals surface area contributed by atoms with Crippen molar-refractivity contribution in [1.29, 1.82) is 0 Å². The summed E-state index contributed by atoms with van der Waals surface area (Å²) in [5.74, 6) is 0.0738. The lowest BCUT2D eigenvalue weighted by molar-refractivity contribution is 0.240. The van der Waals surface area contributed by atoms with Crippen molar-refractivity contribution in [3.63, 3.8) is 0 Å². The summed E-state index contributed by atoms with van der Waals surface area (Å²) < 4.78 is 0.780. The molecule has 104 valence electrons. The maximum absolute atomic E-state index is 9.51. The topological polar surface area (TPSA) is 82.1 Å². The molecule has 4 N–H and O–H groups in total. The van der Waals surface area contributed by atoms with Crippen LogP contribution in [0.3, 0.4) is 0 Å². The van der Waals surface area contributed by atoms with Gasteiger partial charge in [-0.15, -0.1) is 0 Å². The second-order valence-electron chi connectivity index (χ2n) is 4.64. The highest BCUT2D eigenvalue weighted by molar-refractivity contribution is 9.10. The summed E-state index contributed by atoms with van der Waals surface area (Å²) in [5, 5.41) is 21.5. The van der Waals surface area contributed by atoms with Gasteiger partial charge in [-0.3, -0.25) is 0 Å². The minimum absolute atomic E-state index is 0.0738. The normalized spacial score (nSPS) is 20.6. The van der Waals surface area contributed by atoms with E-state index in [4.69, 9.17) is 10.9 Å². The SMILES string of the molecule is N/C(=N/O)c1c(Br)cccc1N1CCCCC1CO. The molecule has 1 saturated heterocycles. The molecule has 0 bridgehead atoms. The predicted octanol–water partition coefficient (Wildman–Crippen LogP) is 1.89. The largest absolute Gasteiger partial charge is 0.409 e. The van der Waals surface area contributed by atoms with Crippen LogP contribution in [0.1, 0.15) is 24.8 Å². The Bertz CT molecular complexity index is 479. The van der Waals surface area contributed by atoms with Crippen LogP contribution in [0.25, 0.3) is 0 Å². The monoisotopic (exact) mass is 327 g/mol. The zero-order valence-electron chi connectivity index (χ0n) is 10.6. The summed E-state index contributed by atoms with van der Waals surface area (Å²) >= 11 is 3.44. The van der Waals surface area contributed by atoms with Crippen LogP contribution in [-0.2, 0) is 0 Å². The zero-order chi connectivity index (χ0) is 13.8. The highest BCUT2D eigenvalue weighted by atomic mass is 79.9. The smallest absolute Gasteiger partial charge is 0.173 e. The van der Waals surface area contributed by atoms with Gasteiger partial charge in [-0.25, -0.2) is 0 Å². The Morgan fingerprint density at radius 3 is 2.95 bits per heavy atom. The van der Waals surface area contributed by atoms with Crippen molar-refractivity contribution in [1.82, 2.24) is 0 Å². The van der Waals surface area contributed by atoms with Gasteiger partial charge in [-0.2, -0.15) is 0 Å². The molecule has 1 aliphatic rings. The average molecular weight is 328 g/mol. The van der Waals surface area contributed by atoms with Crippen LogP contribution >= 0.6 is 15.9 Å². The minimum atomic E-state index is 0.0738. The number of aliphatic hydroxyl groups excluding tert-OH is 1. The van der Waals surface area contributed by atoms with E-state index in [1.807, 2.05) is 18.2 Å². The van der Waals surface area contributed by atoms with Gasteiger partial charge in [0.1, 0.15) is 0 Å². The quantitative estimate of drug-likeness (QED) is 0.343. The molecule has 0 saturated carbocycles. The molecule has 1 atom stereocenters. The number of halogens is 1. The van der Waals surface area contributed by atoms with E-state index in [0.29, 0.717) is 5.56 Å². The summed E-state index contributed by atoms with van der Waals surface area (Å²) in [4.78, 5) is 2.14. The van der Waals surface area contributed by atoms with Gasteiger partial charge in [-0.1, -0.05) is 11.2 Å². The maximum Gasteiger partial charge on any atom is 0.173 e. The number of hydrogen-bond donors (Lipinski definition) is 3. The standard InChI is InChI=1S/C13H18BrN3O2/c14-10-5-3-6-11(12(10)13(15)16-19)17-7-2-1-4-9(17)8-18/h3,5-6,9,18-19H,1-2,4,7-8H2,(H2,15,16). The van der Waals surface area contributed by atoms with Crippen molar-refractivity contribution < 1.29 is 10.3 Å². The Morgan fingerprint density at radius 1 is 1.47 bits per heavy atom. The van der Waals surface area contributed by atoms with Crippen molar-refractivity contribution in [3.05, 3.63) is 28.2 Å². The second kappa shape index (κ2) is 6.25. The fourth-order valence-electron chi connectivity index (χ4n) is 2.56. The van der Waals surface area contributed by atoms with Gasteiger partial charge < -0.3 is 20.9 Å². The molecule has 0 amide bonds. The number of amidine groups is 1. The van der Waals surface area contributed by atoms with Crippen molar-refractivity contribution in [2.24, 2.45) is 10.9 Å². The molecule has 6 heteroatoms. The summed E-state index contributed by atoms with van der Waals surface area (Å²) in [6.45, 7) is 0.982. The van der Waals surface area contributed by atoms with E-state index >= 15 is 0 Å². The van der Waals surface area contributed by atoms with Crippen molar-refractivity contribution in [2.75, 3.05) is 18.1 Å². The number of rotatable bonds is 3. The molecule has 2 rings (SSSR count). The third-order valence-corrected chi connectivity index (χ3v) is 4.16. The summed E-state index contributed by atoms with van der Waals surface area (Å²) in [6, 6.07) is 5.80. The van der Waals surface area contributed by atoms with Crippen LogP contribution in [0.4, 0.5) is 5.69 Å². The molecule has 1 aliphatic heterocycles. The van der Waals surface area contributed by atoms with Crippen molar-refractivity contribution in [2.45, 2.75) is 25.3 Å². The Labute approximate surface area is 120 Å². The van der Waals surface area contributed by atoms with Crippen molar-refractivity contribution >= 4 is 27.5 Å². The number of oxime groups is 1. The molecule has 1 unspecified atom stereocenters. The molecule has 1 aromatic carbocycles. The molecule has 0 aliphatic carbocycles. The predicted molar refractivity (Wildman–Crippen MR) is 78.7 cm³/mol. The Balaban J connectivity index is 2.46. The maximum atomic E-state index is 9.51. The lowest BCUT2D eigenvalue weighted by Crippen LogP contribution is -2.43. The van der Waals surface area contributed by atoms with Gasteiger partial charge in [0.2, 0.25) is 0 Å². The Hall–Kier alpha value is -1.27. The van der Waals surface area contributed by atoms with Gasteiger partial charge in [0.05, 0.1) is 18.2 Å². The fraction of sp³-hybridized carbons (Fsp3) is 0.462. The zero-order valence-corrected chi connectivity index (χ0v) is 12.2. The lowest BCUT2D eigenvalue weighted by atomic mass is 10.00. The molecular formula is C13H18BrN3O2. The van der Waals surface area contributed by atoms with E-state index in [9.17, 15) is 5.11 Å². The molecule has 1 fully saturated rings. The molecule has 5 nitrogen and oxygen atoms in total. The van der Waals surface area contributed by atoms with Gasteiger partial charge in [0.15, 0.2) is 5.84 Å². The summed E-state index contributed by atoms with van der Waals surface area (Å²) in [7, 11) is 0. The molecule has 0 radical (unpaired) electrons. The number of benzene rings is 1. The highest BCUT2D eigenvalue weighted by Gasteiger charge is 2.25.